The highest BCUT2D eigenvalue weighted by atomic mass is 19.1. The zero-order valence-electron chi connectivity index (χ0n) is 21.1. The van der Waals surface area contributed by atoms with Crippen molar-refractivity contribution in [3.63, 3.8) is 0 Å². The van der Waals surface area contributed by atoms with Crippen LogP contribution in [0.1, 0.15) is 18.2 Å². The number of aromatic nitrogens is 4. The standard InChI is InChI=1S/C28H31FN6O2/c1-3-17-12-20(36)4-5-21(17)22-6-7-23-26(25(22)29)32-33-27(23)28-30-13-24(31-28)18-8-9-35(14-18)15-19-16-37-11-10-34(19)2/h4-8,12-13,19,36H,3,9-11,14-16H2,1-2H3,(H,30,31)(H,32,33)/t19-/m1/s1. The topological polar surface area (TPSA) is 93.3 Å². The van der Waals surface area contributed by atoms with Crippen molar-refractivity contribution in [2.24, 2.45) is 0 Å². The van der Waals surface area contributed by atoms with Crippen molar-refractivity contribution in [1.82, 2.24) is 30.0 Å². The first-order valence-corrected chi connectivity index (χ1v) is 12.8. The van der Waals surface area contributed by atoms with Crippen LogP contribution in [0, 0.1) is 5.82 Å². The Labute approximate surface area is 214 Å². The van der Waals surface area contributed by atoms with Crippen LogP contribution in [0.15, 0.2) is 42.6 Å². The number of ether oxygens (including phenoxy) is 1. The Bertz CT molecular complexity index is 1470. The molecule has 2 aliphatic heterocycles. The van der Waals surface area contributed by atoms with Gasteiger partial charge < -0.3 is 14.8 Å². The third-order valence-corrected chi connectivity index (χ3v) is 7.55. The second kappa shape index (κ2) is 9.74. The number of rotatable bonds is 6. The molecule has 0 bridgehead atoms. The molecule has 2 aromatic heterocycles. The van der Waals surface area contributed by atoms with Gasteiger partial charge in [-0.3, -0.25) is 14.9 Å². The maximum absolute atomic E-state index is 15.6. The number of aromatic hydroxyl groups is 1. The van der Waals surface area contributed by atoms with E-state index in [2.05, 4.69) is 38.1 Å². The minimum absolute atomic E-state index is 0.176. The first-order valence-electron chi connectivity index (χ1n) is 12.8. The fourth-order valence-corrected chi connectivity index (χ4v) is 5.35. The van der Waals surface area contributed by atoms with Crippen LogP contribution in [0.4, 0.5) is 4.39 Å². The van der Waals surface area contributed by atoms with Gasteiger partial charge in [-0.1, -0.05) is 25.1 Å². The van der Waals surface area contributed by atoms with Crippen molar-refractivity contribution < 1.29 is 14.2 Å². The largest absolute Gasteiger partial charge is 0.508 e. The molecule has 6 rings (SSSR count). The zero-order chi connectivity index (χ0) is 25.5. The summed E-state index contributed by atoms with van der Waals surface area (Å²) in [6.07, 6.45) is 4.81. The fraction of sp³-hybridized carbons (Fsp3) is 0.357. The Morgan fingerprint density at radius 1 is 1.22 bits per heavy atom. The van der Waals surface area contributed by atoms with E-state index in [1.54, 1.807) is 24.3 Å². The average molecular weight is 503 g/mol. The summed E-state index contributed by atoms with van der Waals surface area (Å²) in [4.78, 5) is 12.8. The highest BCUT2D eigenvalue weighted by molar-refractivity contribution is 5.95. The number of aromatic amines is 2. The van der Waals surface area contributed by atoms with Gasteiger partial charge in [0.05, 0.1) is 18.9 Å². The molecular formula is C28H31FN6O2. The predicted octanol–water partition coefficient (Wildman–Crippen LogP) is 4.06. The molecule has 0 saturated carbocycles. The number of H-pyrrole nitrogens is 2. The molecule has 2 aliphatic rings. The molecule has 2 aromatic carbocycles. The first kappa shape index (κ1) is 23.8. The van der Waals surface area contributed by atoms with Gasteiger partial charge in [0.25, 0.3) is 0 Å². The number of hydrogen-bond acceptors (Lipinski definition) is 6. The van der Waals surface area contributed by atoms with Gasteiger partial charge in [-0.05, 0) is 48.4 Å². The quantitative estimate of drug-likeness (QED) is 0.368. The molecule has 3 N–H and O–H groups in total. The number of aryl methyl sites for hydroxylation is 1. The van der Waals surface area contributed by atoms with E-state index in [0.717, 1.165) is 56.2 Å². The van der Waals surface area contributed by atoms with E-state index in [-0.39, 0.29) is 11.6 Å². The monoisotopic (exact) mass is 502 g/mol. The van der Waals surface area contributed by atoms with Gasteiger partial charge in [-0.25, -0.2) is 9.37 Å². The third kappa shape index (κ3) is 4.43. The van der Waals surface area contributed by atoms with Crippen molar-refractivity contribution in [1.29, 1.82) is 0 Å². The first-order chi connectivity index (χ1) is 18.0. The molecule has 4 aromatic rings. The van der Waals surface area contributed by atoms with Crippen LogP contribution in [0.3, 0.4) is 0 Å². The minimum Gasteiger partial charge on any atom is -0.508 e. The SMILES string of the molecule is CCc1cc(O)ccc1-c1ccc2c(-c3nc(C4=CCN(C[C@@H]5COCCN5C)C4)c[nH]3)n[nH]c2c1F. The van der Waals surface area contributed by atoms with Crippen LogP contribution < -0.4 is 0 Å². The van der Waals surface area contributed by atoms with Crippen molar-refractivity contribution in [2.45, 2.75) is 19.4 Å². The molecule has 9 heteroatoms. The number of phenols is 1. The summed E-state index contributed by atoms with van der Waals surface area (Å²) in [5, 5.41) is 17.8. The average Bonchev–Trinajstić information content (AvgIpc) is 3.65. The molecule has 1 fully saturated rings. The summed E-state index contributed by atoms with van der Waals surface area (Å²) in [6.45, 7) is 7.20. The van der Waals surface area contributed by atoms with E-state index in [9.17, 15) is 5.11 Å². The van der Waals surface area contributed by atoms with E-state index in [0.29, 0.717) is 40.4 Å². The van der Waals surface area contributed by atoms with Gasteiger partial charge in [-0.2, -0.15) is 5.10 Å². The van der Waals surface area contributed by atoms with Crippen molar-refractivity contribution in [3.05, 3.63) is 59.7 Å². The van der Waals surface area contributed by atoms with Crippen LogP contribution in [-0.4, -0.2) is 87.6 Å². The fourth-order valence-electron chi connectivity index (χ4n) is 5.35. The molecule has 1 atom stereocenters. The van der Waals surface area contributed by atoms with Gasteiger partial charge in [0.15, 0.2) is 11.6 Å². The lowest BCUT2D eigenvalue weighted by Gasteiger charge is -2.35. The Hall–Kier alpha value is -3.53. The van der Waals surface area contributed by atoms with Gasteiger partial charge >= 0.3 is 0 Å². The lowest BCUT2D eigenvalue weighted by atomic mass is 9.96. The molecule has 4 heterocycles. The van der Waals surface area contributed by atoms with Gasteiger partial charge in [0, 0.05) is 49.4 Å². The number of likely N-dealkylation sites (N-methyl/N-ethyl adjacent to an activating group) is 1. The smallest absolute Gasteiger partial charge is 0.159 e. The number of morpholine rings is 1. The minimum atomic E-state index is -0.366. The second-order valence-corrected chi connectivity index (χ2v) is 9.88. The van der Waals surface area contributed by atoms with Gasteiger partial charge in [0.2, 0.25) is 0 Å². The molecule has 0 spiro atoms. The summed E-state index contributed by atoms with van der Waals surface area (Å²) in [5.74, 6) is 0.414. The molecule has 1 saturated heterocycles. The van der Waals surface area contributed by atoms with Crippen molar-refractivity contribution in [3.8, 4) is 28.4 Å². The summed E-state index contributed by atoms with van der Waals surface area (Å²) in [7, 11) is 2.16. The summed E-state index contributed by atoms with van der Waals surface area (Å²) >= 11 is 0. The van der Waals surface area contributed by atoms with Gasteiger partial charge in [-0.15, -0.1) is 0 Å². The Morgan fingerprint density at radius 2 is 2.08 bits per heavy atom. The van der Waals surface area contributed by atoms with Crippen LogP contribution in [0.2, 0.25) is 0 Å². The molecule has 8 nitrogen and oxygen atoms in total. The normalized spacial score (nSPS) is 19.1. The molecule has 0 radical (unpaired) electrons. The van der Waals surface area contributed by atoms with E-state index in [1.807, 2.05) is 19.2 Å². The Balaban J connectivity index is 1.23. The van der Waals surface area contributed by atoms with Crippen LogP contribution >= 0.6 is 0 Å². The molecular weight excluding hydrogens is 471 g/mol. The zero-order valence-corrected chi connectivity index (χ0v) is 21.1. The maximum Gasteiger partial charge on any atom is 0.159 e. The number of nitrogens with one attached hydrogen (secondary N) is 2. The summed E-state index contributed by atoms with van der Waals surface area (Å²) < 4.78 is 21.3. The number of hydrogen-bond donors (Lipinski definition) is 3. The van der Waals surface area contributed by atoms with E-state index < -0.39 is 0 Å². The van der Waals surface area contributed by atoms with Crippen LogP contribution in [0.5, 0.6) is 5.75 Å². The molecule has 0 amide bonds. The highest BCUT2D eigenvalue weighted by Crippen LogP contribution is 2.35. The Morgan fingerprint density at radius 3 is 2.92 bits per heavy atom. The van der Waals surface area contributed by atoms with E-state index >= 15 is 4.39 Å². The third-order valence-electron chi connectivity index (χ3n) is 7.55. The molecule has 192 valence electrons. The predicted molar refractivity (Wildman–Crippen MR) is 142 cm³/mol. The van der Waals surface area contributed by atoms with Crippen LogP contribution in [0.25, 0.3) is 39.1 Å². The number of nitrogens with zero attached hydrogens (tertiary/aromatic N) is 4. The lowest BCUT2D eigenvalue weighted by molar-refractivity contribution is -0.00430. The molecule has 0 unspecified atom stereocenters. The Kier molecular flexibility index (Phi) is 6.27. The number of benzene rings is 2. The summed E-state index contributed by atoms with van der Waals surface area (Å²) in [6, 6.07) is 9.08. The number of fused-ring (bicyclic) bond motifs is 1. The lowest BCUT2D eigenvalue weighted by Crippen LogP contribution is -2.49. The van der Waals surface area contributed by atoms with E-state index in [1.165, 1.54) is 5.57 Å². The van der Waals surface area contributed by atoms with Crippen molar-refractivity contribution >= 4 is 16.5 Å². The van der Waals surface area contributed by atoms with Crippen LogP contribution in [-0.2, 0) is 11.2 Å². The van der Waals surface area contributed by atoms with Crippen molar-refractivity contribution in [2.75, 3.05) is 46.4 Å². The summed E-state index contributed by atoms with van der Waals surface area (Å²) in [5.41, 5.74) is 5.11. The molecule has 37 heavy (non-hydrogen) atoms. The number of phenolic OH excluding ortho intramolecular Hbond substituents is 1. The number of imidazole rings is 1. The van der Waals surface area contributed by atoms with E-state index in [4.69, 9.17) is 9.72 Å². The number of halogens is 1. The second-order valence-electron chi connectivity index (χ2n) is 9.88. The molecule has 0 aliphatic carbocycles. The van der Waals surface area contributed by atoms with Gasteiger partial charge in [0.1, 0.15) is 17.0 Å². The highest BCUT2D eigenvalue weighted by Gasteiger charge is 2.26. The maximum atomic E-state index is 15.6.